The molecular formula is C14H18N3SY-. The second-order valence-corrected chi connectivity index (χ2v) is 6.19. The van der Waals surface area contributed by atoms with E-state index in [9.17, 15) is 0 Å². The molecule has 0 spiro atoms. The Morgan fingerprint density at radius 3 is 2.63 bits per heavy atom. The summed E-state index contributed by atoms with van der Waals surface area (Å²) >= 11 is 1.68. The van der Waals surface area contributed by atoms with Crippen molar-refractivity contribution in [2.45, 2.75) is 32.7 Å². The SMILES string of the molecule is CC(C)(C)c1csc(-c2cccc(C[N-]N)c2)n1.[Y]. The van der Waals surface area contributed by atoms with E-state index >= 15 is 0 Å². The first-order valence-electron chi connectivity index (χ1n) is 5.93. The molecule has 0 aliphatic heterocycles. The quantitative estimate of drug-likeness (QED) is 0.676. The Balaban J connectivity index is 0.00000180. The van der Waals surface area contributed by atoms with Crippen LogP contribution in [0.25, 0.3) is 16.0 Å². The Labute approximate surface area is 143 Å². The molecule has 1 heterocycles. The number of aromatic nitrogens is 1. The summed E-state index contributed by atoms with van der Waals surface area (Å²) in [4.78, 5) is 4.71. The van der Waals surface area contributed by atoms with Crippen molar-refractivity contribution < 1.29 is 32.7 Å². The summed E-state index contributed by atoms with van der Waals surface area (Å²) in [6.07, 6.45) is 0. The van der Waals surface area contributed by atoms with Crippen LogP contribution in [0.1, 0.15) is 32.0 Å². The van der Waals surface area contributed by atoms with Gasteiger partial charge in [-0.2, -0.15) is 0 Å². The topological polar surface area (TPSA) is 53.0 Å². The fourth-order valence-electron chi connectivity index (χ4n) is 1.66. The monoisotopic (exact) mass is 349 g/mol. The molecule has 0 saturated heterocycles. The van der Waals surface area contributed by atoms with E-state index in [1.165, 1.54) is 0 Å². The molecule has 0 fully saturated rings. The van der Waals surface area contributed by atoms with Gasteiger partial charge in [0, 0.05) is 49.1 Å². The summed E-state index contributed by atoms with van der Waals surface area (Å²) in [6.45, 7) is 7.08. The van der Waals surface area contributed by atoms with Crippen molar-refractivity contribution in [2.24, 2.45) is 5.84 Å². The first kappa shape index (κ1) is 16.9. The first-order valence-corrected chi connectivity index (χ1v) is 6.80. The van der Waals surface area contributed by atoms with Gasteiger partial charge in [0.1, 0.15) is 5.01 Å². The molecular weight excluding hydrogens is 331 g/mol. The maximum atomic E-state index is 5.22. The van der Waals surface area contributed by atoms with Gasteiger partial charge in [-0.3, -0.25) is 0 Å². The van der Waals surface area contributed by atoms with Crippen LogP contribution < -0.4 is 5.84 Å². The largest absolute Gasteiger partial charge is 0.596 e. The third-order valence-corrected chi connectivity index (χ3v) is 3.61. The van der Waals surface area contributed by atoms with Crippen LogP contribution in [0.5, 0.6) is 0 Å². The Hall–Kier alpha value is -0.126. The van der Waals surface area contributed by atoms with Crippen LogP contribution in [0.15, 0.2) is 29.6 Å². The van der Waals surface area contributed by atoms with Gasteiger partial charge in [-0.1, -0.05) is 50.6 Å². The third kappa shape index (κ3) is 4.43. The van der Waals surface area contributed by atoms with E-state index in [0.717, 1.165) is 21.8 Å². The van der Waals surface area contributed by atoms with Gasteiger partial charge in [-0.25, -0.2) is 4.98 Å². The van der Waals surface area contributed by atoms with E-state index in [2.05, 4.69) is 43.7 Å². The fourth-order valence-corrected chi connectivity index (χ4v) is 2.70. The number of hydrogen-bond acceptors (Lipinski definition) is 3. The summed E-state index contributed by atoms with van der Waals surface area (Å²) in [5.41, 5.74) is 7.15. The molecule has 0 aliphatic rings. The zero-order valence-electron chi connectivity index (χ0n) is 11.6. The third-order valence-electron chi connectivity index (χ3n) is 2.72. The molecule has 2 rings (SSSR count). The average molecular weight is 349 g/mol. The van der Waals surface area contributed by atoms with Crippen molar-refractivity contribution in [3.8, 4) is 10.6 Å². The Kier molecular flexibility index (Phi) is 6.28. The second-order valence-electron chi connectivity index (χ2n) is 5.33. The molecule has 2 N–H and O–H groups in total. The minimum atomic E-state index is 0. The van der Waals surface area contributed by atoms with Crippen LogP contribution in [-0.2, 0) is 44.7 Å². The number of nitrogens with zero attached hydrogens (tertiary/aromatic N) is 2. The van der Waals surface area contributed by atoms with Gasteiger partial charge >= 0.3 is 0 Å². The summed E-state index contributed by atoms with van der Waals surface area (Å²) in [7, 11) is 0. The van der Waals surface area contributed by atoms with Crippen LogP contribution in [0.4, 0.5) is 0 Å². The van der Waals surface area contributed by atoms with Gasteiger partial charge in [-0.05, 0) is 0 Å². The number of benzene rings is 1. The number of rotatable bonds is 3. The van der Waals surface area contributed by atoms with E-state index in [0.29, 0.717) is 6.54 Å². The summed E-state index contributed by atoms with van der Waals surface area (Å²) in [6, 6.07) is 8.22. The van der Waals surface area contributed by atoms with Gasteiger partial charge in [0.2, 0.25) is 0 Å². The van der Waals surface area contributed by atoms with E-state index in [-0.39, 0.29) is 38.1 Å². The van der Waals surface area contributed by atoms with E-state index in [1.807, 2.05) is 12.1 Å². The van der Waals surface area contributed by atoms with E-state index in [1.54, 1.807) is 11.3 Å². The van der Waals surface area contributed by atoms with Gasteiger partial charge in [-0.15, -0.1) is 17.9 Å². The molecule has 0 saturated carbocycles. The molecule has 3 nitrogen and oxygen atoms in total. The Morgan fingerprint density at radius 2 is 2.05 bits per heavy atom. The van der Waals surface area contributed by atoms with Gasteiger partial charge in [0.25, 0.3) is 0 Å². The average Bonchev–Trinajstić information content (AvgIpc) is 2.78. The molecule has 0 amide bonds. The zero-order valence-corrected chi connectivity index (χ0v) is 15.2. The predicted molar refractivity (Wildman–Crippen MR) is 77.5 cm³/mol. The summed E-state index contributed by atoms with van der Waals surface area (Å²) in [5, 5.41) is 3.19. The number of hydrogen-bond donors (Lipinski definition) is 1. The number of thiazole rings is 1. The predicted octanol–water partition coefficient (Wildman–Crippen LogP) is 3.85. The van der Waals surface area contributed by atoms with Crippen LogP contribution in [-0.4, -0.2) is 4.98 Å². The standard InChI is InChI=1S/C14H18N3S.Y/c1-14(2,3)12-9-18-13(17-12)11-6-4-5-10(7-11)8-16-15;/h4-7,9H,8,15H2,1-3H3;/q-1;. The summed E-state index contributed by atoms with van der Waals surface area (Å²) < 4.78 is 0. The van der Waals surface area contributed by atoms with Crippen molar-refractivity contribution in [1.82, 2.24) is 4.98 Å². The van der Waals surface area contributed by atoms with E-state index in [4.69, 9.17) is 10.8 Å². The maximum Gasteiger partial charge on any atom is 0.123 e. The van der Waals surface area contributed by atoms with Crippen LogP contribution in [0, 0.1) is 0 Å². The maximum absolute atomic E-state index is 5.22. The molecule has 1 aromatic heterocycles. The molecule has 0 atom stereocenters. The second kappa shape index (κ2) is 7.05. The zero-order chi connectivity index (χ0) is 13.2. The Bertz CT molecular complexity index is 531. The van der Waals surface area contributed by atoms with Crippen LogP contribution in [0.3, 0.4) is 0 Å². The van der Waals surface area contributed by atoms with Crippen LogP contribution >= 0.6 is 11.3 Å². The molecule has 1 radical (unpaired) electrons. The summed E-state index contributed by atoms with van der Waals surface area (Å²) in [5.74, 6) is 5.22. The van der Waals surface area contributed by atoms with Crippen molar-refractivity contribution in [1.29, 1.82) is 0 Å². The Morgan fingerprint density at radius 1 is 1.32 bits per heavy atom. The van der Waals surface area contributed by atoms with Crippen molar-refractivity contribution >= 4 is 11.3 Å². The molecule has 0 aliphatic carbocycles. The molecule has 5 heteroatoms. The van der Waals surface area contributed by atoms with Crippen molar-refractivity contribution in [2.75, 3.05) is 0 Å². The van der Waals surface area contributed by atoms with Gasteiger partial charge in [0.15, 0.2) is 0 Å². The van der Waals surface area contributed by atoms with Crippen LogP contribution in [0.2, 0.25) is 0 Å². The van der Waals surface area contributed by atoms with Gasteiger partial charge < -0.3 is 11.3 Å². The molecule has 0 unspecified atom stereocenters. The smallest absolute Gasteiger partial charge is 0.123 e. The van der Waals surface area contributed by atoms with Crippen molar-refractivity contribution in [3.05, 3.63) is 46.3 Å². The fraction of sp³-hybridized carbons (Fsp3) is 0.357. The minimum Gasteiger partial charge on any atom is -0.596 e. The van der Waals surface area contributed by atoms with Gasteiger partial charge in [0.05, 0.1) is 5.69 Å². The number of nitrogens with two attached hydrogens (primary N) is 1. The van der Waals surface area contributed by atoms with Crippen molar-refractivity contribution in [3.63, 3.8) is 0 Å². The molecule has 2 aromatic rings. The molecule has 19 heavy (non-hydrogen) atoms. The first-order chi connectivity index (χ1) is 8.50. The molecule has 99 valence electrons. The normalized spacial score (nSPS) is 11.2. The minimum absolute atomic E-state index is 0. The molecule has 1 aromatic carbocycles. The molecule has 0 bridgehead atoms. The van der Waals surface area contributed by atoms with E-state index < -0.39 is 0 Å².